The fourth-order valence-electron chi connectivity index (χ4n) is 4.54. The fraction of sp³-hybridized carbons (Fsp3) is 0.214. The van der Waals surface area contributed by atoms with E-state index in [0.717, 1.165) is 70.5 Å². The van der Waals surface area contributed by atoms with Crippen LogP contribution in [0.4, 0.5) is 5.69 Å². The highest BCUT2D eigenvalue weighted by molar-refractivity contribution is 7.21. The molecular formula is C28H26N6O2S. The Hall–Kier alpha value is -3.92. The molecule has 0 atom stereocenters. The maximum Gasteiger partial charge on any atom is 0.296 e. The van der Waals surface area contributed by atoms with Crippen molar-refractivity contribution in [2.45, 2.75) is 6.54 Å². The monoisotopic (exact) mass is 510 g/mol. The second-order valence-electron chi connectivity index (χ2n) is 9.04. The predicted octanol–water partition coefficient (Wildman–Crippen LogP) is 4.70. The third-order valence-electron chi connectivity index (χ3n) is 6.51. The van der Waals surface area contributed by atoms with E-state index in [1.807, 2.05) is 60.8 Å². The van der Waals surface area contributed by atoms with Crippen LogP contribution in [-0.4, -0.2) is 59.2 Å². The smallest absolute Gasteiger partial charge is 0.296 e. The van der Waals surface area contributed by atoms with Crippen molar-refractivity contribution < 1.29 is 9.32 Å². The van der Waals surface area contributed by atoms with Crippen molar-refractivity contribution in [3.8, 4) is 21.8 Å². The molecule has 3 aromatic heterocycles. The first kappa shape index (κ1) is 23.5. The van der Waals surface area contributed by atoms with Crippen LogP contribution in [0.3, 0.4) is 0 Å². The van der Waals surface area contributed by atoms with E-state index in [0.29, 0.717) is 5.69 Å². The molecular weight excluding hydrogens is 484 g/mol. The number of thiazole rings is 1. The van der Waals surface area contributed by atoms with E-state index in [9.17, 15) is 4.79 Å². The molecule has 6 rings (SSSR count). The molecule has 1 N–H and O–H groups in total. The summed E-state index contributed by atoms with van der Waals surface area (Å²) in [6.07, 6.45) is 1.95. The van der Waals surface area contributed by atoms with Crippen molar-refractivity contribution in [3.63, 3.8) is 0 Å². The zero-order chi connectivity index (χ0) is 25.2. The number of amides is 1. The standard InChI is InChI=1S/C28H26N6O2S/c1-33(28(35)25-16-22(32-36-25)20-7-3-2-4-8-20)24-10-6-5-9-21(24)26-31-23-15-19(17-30-27(23)37-26)18-34-13-11-29-12-14-34/h2-10,15-17,29H,11-14,18H2,1H3. The van der Waals surface area contributed by atoms with Gasteiger partial charge in [0.15, 0.2) is 0 Å². The average Bonchev–Trinajstić information content (AvgIpc) is 3.61. The Morgan fingerprint density at radius 3 is 2.70 bits per heavy atom. The van der Waals surface area contributed by atoms with Crippen LogP contribution in [0.2, 0.25) is 0 Å². The van der Waals surface area contributed by atoms with Gasteiger partial charge in [-0.1, -0.05) is 59.0 Å². The normalized spacial score (nSPS) is 14.2. The Balaban J connectivity index is 1.26. The number of aromatic nitrogens is 3. The Morgan fingerprint density at radius 2 is 1.86 bits per heavy atom. The number of hydrogen-bond acceptors (Lipinski definition) is 8. The summed E-state index contributed by atoms with van der Waals surface area (Å²) >= 11 is 1.53. The molecule has 8 nitrogen and oxygen atoms in total. The van der Waals surface area contributed by atoms with E-state index in [1.54, 1.807) is 18.0 Å². The molecule has 0 radical (unpaired) electrons. The van der Waals surface area contributed by atoms with Crippen LogP contribution in [0, 0.1) is 0 Å². The van der Waals surface area contributed by atoms with Crippen LogP contribution < -0.4 is 10.2 Å². The zero-order valence-corrected chi connectivity index (χ0v) is 21.2. The van der Waals surface area contributed by atoms with E-state index in [4.69, 9.17) is 14.5 Å². The number of fused-ring (bicyclic) bond motifs is 1. The third kappa shape index (κ3) is 4.89. The number of carbonyl (C=O) groups is 1. The van der Waals surface area contributed by atoms with Gasteiger partial charge in [-0.3, -0.25) is 9.69 Å². The minimum atomic E-state index is -0.278. The Kier molecular flexibility index (Phi) is 6.48. The molecule has 37 heavy (non-hydrogen) atoms. The summed E-state index contributed by atoms with van der Waals surface area (Å²) in [6.45, 7) is 4.97. The van der Waals surface area contributed by atoms with Gasteiger partial charge in [0, 0.05) is 63.2 Å². The molecule has 0 spiro atoms. The molecule has 1 aliphatic heterocycles. The molecule has 1 amide bonds. The van der Waals surface area contributed by atoms with Gasteiger partial charge in [-0.05, 0) is 23.8 Å². The van der Waals surface area contributed by atoms with Crippen LogP contribution in [0.25, 0.3) is 32.2 Å². The first-order valence-electron chi connectivity index (χ1n) is 12.2. The largest absolute Gasteiger partial charge is 0.350 e. The zero-order valence-electron chi connectivity index (χ0n) is 20.4. The van der Waals surface area contributed by atoms with Crippen LogP contribution in [0.5, 0.6) is 0 Å². The van der Waals surface area contributed by atoms with Gasteiger partial charge < -0.3 is 14.7 Å². The van der Waals surface area contributed by atoms with E-state index in [2.05, 4.69) is 21.4 Å². The lowest BCUT2D eigenvalue weighted by Crippen LogP contribution is -2.42. The van der Waals surface area contributed by atoms with Gasteiger partial charge in [0.1, 0.15) is 21.0 Å². The van der Waals surface area contributed by atoms with E-state index in [-0.39, 0.29) is 11.7 Å². The summed E-state index contributed by atoms with van der Waals surface area (Å²) in [5.41, 5.74) is 5.16. The maximum absolute atomic E-state index is 13.3. The number of nitrogens with one attached hydrogen (secondary N) is 1. The second kappa shape index (κ2) is 10.2. The highest BCUT2D eigenvalue weighted by Gasteiger charge is 2.23. The van der Waals surface area contributed by atoms with Crippen molar-refractivity contribution in [1.82, 2.24) is 25.3 Å². The summed E-state index contributed by atoms with van der Waals surface area (Å²) < 4.78 is 5.42. The first-order valence-corrected chi connectivity index (χ1v) is 13.1. The highest BCUT2D eigenvalue weighted by atomic mass is 32.1. The Morgan fingerprint density at radius 1 is 1.08 bits per heavy atom. The molecule has 4 heterocycles. The first-order chi connectivity index (χ1) is 18.2. The van der Waals surface area contributed by atoms with Crippen LogP contribution >= 0.6 is 11.3 Å². The van der Waals surface area contributed by atoms with E-state index >= 15 is 0 Å². The molecule has 186 valence electrons. The topological polar surface area (TPSA) is 87.4 Å². The number of benzene rings is 2. The molecule has 1 saturated heterocycles. The summed E-state index contributed by atoms with van der Waals surface area (Å²) in [5.74, 6) is -0.0978. The lowest BCUT2D eigenvalue weighted by molar-refractivity contribution is 0.0957. The van der Waals surface area contributed by atoms with Crippen molar-refractivity contribution in [2.75, 3.05) is 38.1 Å². The number of carbonyl (C=O) groups excluding carboxylic acids is 1. The van der Waals surface area contributed by atoms with E-state index in [1.165, 1.54) is 11.3 Å². The molecule has 9 heteroatoms. The third-order valence-corrected chi connectivity index (χ3v) is 7.52. The minimum absolute atomic E-state index is 0.180. The van der Waals surface area contributed by atoms with Gasteiger partial charge in [0.2, 0.25) is 5.76 Å². The molecule has 0 bridgehead atoms. The van der Waals surface area contributed by atoms with Gasteiger partial charge in [-0.15, -0.1) is 0 Å². The number of rotatable bonds is 6. The number of nitrogens with zero attached hydrogens (tertiary/aromatic N) is 5. The lowest BCUT2D eigenvalue weighted by Gasteiger charge is -2.26. The summed E-state index contributed by atoms with van der Waals surface area (Å²) in [4.78, 5) is 27.8. The molecule has 0 aliphatic carbocycles. The van der Waals surface area contributed by atoms with Gasteiger partial charge in [0.25, 0.3) is 5.91 Å². The second-order valence-corrected chi connectivity index (χ2v) is 10.0. The molecule has 0 saturated carbocycles. The van der Waals surface area contributed by atoms with Gasteiger partial charge >= 0.3 is 0 Å². The summed E-state index contributed by atoms with van der Waals surface area (Å²) in [7, 11) is 1.74. The number of anilines is 1. The Bertz CT molecular complexity index is 1540. The SMILES string of the molecule is CN(C(=O)c1cc(-c2ccccc2)no1)c1ccccc1-c1nc2cc(CN3CCNCC3)cnc2s1. The van der Waals surface area contributed by atoms with E-state index < -0.39 is 0 Å². The molecule has 0 unspecified atom stereocenters. The fourth-order valence-corrected chi connectivity index (χ4v) is 5.46. The number of piperazine rings is 1. The van der Waals surface area contributed by atoms with Crippen molar-refractivity contribution >= 4 is 33.3 Å². The van der Waals surface area contributed by atoms with Crippen LogP contribution in [0.1, 0.15) is 16.1 Å². The van der Waals surface area contributed by atoms with Crippen LogP contribution in [0.15, 0.2) is 77.4 Å². The highest BCUT2D eigenvalue weighted by Crippen LogP contribution is 2.36. The number of pyridine rings is 1. The van der Waals surface area contributed by atoms with Gasteiger partial charge in [0.05, 0.1) is 5.69 Å². The molecule has 2 aromatic carbocycles. The Labute approximate surface area is 218 Å². The molecule has 5 aromatic rings. The maximum atomic E-state index is 13.3. The molecule has 1 aliphatic rings. The van der Waals surface area contributed by atoms with Gasteiger partial charge in [-0.2, -0.15) is 0 Å². The average molecular weight is 511 g/mol. The van der Waals surface area contributed by atoms with Crippen molar-refractivity contribution in [3.05, 3.63) is 84.3 Å². The molecule has 1 fully saturated rings. The van der Waals surface area contributed by atoms with Gasteiger partial charge in [-0.25, -0.2) is 9.97 Å². The van der Waals surface area contributed by atoms with Crippen LogP contribution in [-0.2, 0) is 6.54 Å². The van der Waals surface area contributed by atoms with Crippen molar-refractivity contribution in [2.24, 2.45) is 0 Å². The summed E-state index contributed by atoms with van der Waals surface area (Å²) in [5, 5.41) is 8.30. The lowest BCUT2D eigenvalue weighted by atomic mass is 10.1. The van der Waals surface area contributed by atoms with Crippen molar-refractivity contribution in [1.29, 1.82) is 0 Å². The number of hydrogen-bond donors (Lipinski definition) is 1. The minimum Gasteiger partial charge on any atom is -0.350 e. The predicted molar refractivity (Wildman–Crippen MR) is 146 cm³/mol. The summed E-state index contributed by atoms with van der Waals surface area (Å²) in [6, 6.07) is 21.2. The number of para-hydroxylation sites is 1. The quantitative estimate of drug-likeness (QED) is 0.354.